The summed E-state index contributed by atoms with van der Waals surface area (Å²) in [6, 6.07) is 18.2. The molecule has 0 saturated heterocycles. The molecule has 1 heterocycles. The fourth-order valence-electron chi connectivity index (χ4n) is 1.77. The Morgan fingerprint density at radius 2 is 1.75 bits per heavy atom. The Balaban J connectivity index is 2.19. The van der Waals surface area contributed by atoms with Crippen molar-refractivity contribution in [3.05, 3.63) is 59.1 Å². The summed E-state index contributed by atoms with van der Waals surface area (Å²) in [6.45, 7) is 0. The molecular formula is C14H9BrO. The lowest BCUT2D eigenvalue weighted by molar-refractivity contribution is 0.631. The first-order valence-electron chi connectivity index (χ1n) is 5.07. The van der Waals surface area contributed by atoms with Crippen molar-refractivity contribution in [3.8, 4) is 11.3 Å². The first-order chi connectivity index (χ1) is 7.83. The van der Waals surface area contributed by atoms with Crippen LogP contribution in [-0.2, 0) is 0 Å². The standard InChI is InChI=1S/C14H9BrO/c15-12-6-3-5-10(8-12)14-9-11-4-1-2-7-13(11)16-14/h1-9H. The number of hydrogen-bond donors (Lipinski definition) is 0. The van der Waals surface area contributed by atoms with Crippen molar-refractivity contribution < 1.29 is 4.42 Å². The number of rotatable bonds is 1. The van der Waals surface area contributed by atoms with Crippen LogP contribution in [-0.4, -0.2) is 0 Å². The van der Waals surface area contributed by atoms with Crippen molar-refractivity contribution in [2.24, 2.45) is 0 Å². The number of hydrogen-bond acceptors (Lipinski definition) is 1. The second-order valence-electron chi connectivity index (χ2n) is 3.66. The summed E-state index contributed by atoms with van der Waals surface area (Å²) in [5.41, 5.74) is 2.02. The van der Waals surface area contributed by atoms with Crippen LogP contribution in [0.2, 0.25) is 0 Å². The van der Waals surface area contributed by atoms with Crippen LogP contribution < -0.4 is 0 Å². The molecule has 0 radical (unpaired) electrons. The quantitative estimate of drug-likeness (QED) is 0.617. The van der Waals surface area contributed by atoms with Crippen molar-refractivity contribution in [2.75, 3.05) is 0 Å². The topological polar surface area (TPSA) is 13.1 Å². The molecule has 0 aliphatic rings. The fourth-order valence-corrected chi connectivity index (χ4v) is 2.17. The first kappa shape index (κ1) is 9.67. The molecule has 2 aromatic carbocycles. The Bertz CT molecular complexity index is 607. The van der Waals surface area contributed by atoms with Crippen molar-refractivity contribution >= 4 is 26.9 Å². The van der Waals surface area contributed by atoms with Gasteiger partial charge in [-0.05, 0) is 24.3 Å². The monoisotopic (exact) mass is 272 g/mol. The molecule has 0 fully saturated rings. The minimum atomic E-state index is 0.905. The van der Waals surface area contributed by atoms with Crippen LogP contribution >= 0.6 is 15.9 Å². The maximum atomic E-state index is 5.79. The van der Waals surface area contributed by atoms with Gasteiger partial charge in [0.25, 0.3) is 0 Å². The lowest BCUT2D eigenvalue weighted by Crippen LogP contribution is -1.72. The van der Waals surface area contributed by atoms with Crippen LogP contribution in [0.4, 0.5) is 0 Å². The second-order valence-corrected chi connectivity index (χ2v) is 4.57. The molecule has 78 valence electrons. The van der Waals surface area contributed by atoms with E-state index in [4.69, 9.17) is 4.42 Å². The lowest BCUT2D eigenvalue weighted by atomic mass is 10.1. The third-order valence-electron chi connectivity index (χ3n) is 2.53. The Morgan fingerprint density at radius 3 is 2.56 bits per heavy atom. The Morgan fingerprint density at radius 1 is 0.875 bits per heavy atom. The normalized spacial score (nSPS) is 10.8. The highest BCUT2D eigenvalue weighted by Crippen LogP contribution is 2.28. The summed E-state index contributed by atoms with van der Waals surface area (Å²) in [5.74, 6) is 0.905. The van der Waals surface area contributed by atoms with E-state index in [1.54, 1.807) is 0 Å². The van der Waals surface area contributed by atoms with E-state index in [0.29, 0.717) is 0 Å². The molecule has 0 unspecified atom stereocenters. The Kier molecular flexibility index (Phi) is 2.29. The number of fused-ring (bicyclic) bond motifs is 1. The smallest absolute Gasteiger partial charge is 0.135 e. The molecule has 0 atom stereocenters. The van der Waals surface area contributed by atoms with Crippen LogP contribution in [0.3, 0.4) is 0 Å². The van der Waals surface area contributed by atoms with Gasteiger partial charge in [0.2, 0.25) is 0 Å². The highest BCUT2D eigenvalue weighted by Gasteiger charge is 2.05. The van der Waals surface area contributed by atoms with Crippen LogP contribution in [0.1, 0.15) is 0 Å². The largest absolute Gasteiger partial charge is 0.456 e. The molecule has 16 heavy (non-hydrogen) atoms. The zero-order valence-electron chi connectivity index (χ0n) is 8.48. The summed E-state index contributed by atoms with van der Waals surface area (Å²) in [4.78, 5) is 0. The number of halogens is 1. The van der Waals surface area contributed by atoms with E-state index in [1.807, 2.05) is 36.4 Å². The van der Waals surface area contributed by atoms with Crippen molar-refractivity contribution in [1.29, 1.82) is 0 Å². The molecule has 0 aliphatic heterocycles. The van der Waals surface area contributed by atoms with E-state index >= 15 is 0 Å². The van der Waals surface area contributed by atoms with E-state index in [-0.39, 0.29) is 0 Å². The predicted molar refractivity (Wildman–Crippen MR) is 69.4 cm³/mol. The molecule has 0 spiro atoms. The van der Waals surface area contributed by atoms with Gasteiger partial charge >= 0.3 is 0 Å². The summed E-state index contributed by atoms with van der Waals surface area (Å²) < 4.78 is 6.85. The van der Waals surface area contributed by atoms with Gasteiger partial charge in [-0.1, -0.05) is 46.3 Å². The number of furan rings is 1. The third kappa shape index (κ3) is 1.65. The van der Waals surface area contributed by atoms with Gasteiger partial charge in [-0.3, -0.25) is 0 Å². The minimum Gasteiger partial charge on any atom is -0.456 e. The molecule has 3 rings (SSSR count). The van der Waals surface area contributed by atoms with Crippen molar-refractivity contribution in [3.63, 3.8) is 0 Å². The van der Waals surface area contributed by atoms with Crippen LogP contribution in [0.25, 0.3) is 22.3 Å². The van der Waals surface area contributed by atoms with Gasteiger partial charge in [-0.15, -0.1) is 0 Å². The molecular weight excluding hydrogens is 264 g/mol. The molecule has 0 aliphatic carbocycles. The maximum Gasteiger partial charge on any atom is 0.135 e. The number of para-hydroxylation sites is 1. The molecule has 0 saturated carbocycles. The summed E-state index contributed by atoms with van der Waals surface area (Å²) in [5, 5.41) is 1.14. The Labute approximate surface area is 102 Å². The second kappa shape index (κ2) is 3.80. The molecule has 0 bridgehead atoms. The predicted octanol–water partition coefficient (Wildman–Crippen LogP) is 4.86. The van der Waals surface area contributed by atoms with Gasteiger partial charge in [0.05, 0.1) is 0 Å². The van der Waals surface area contributed by atoms with Crippen molar-refractivity contribution in [1.82, 2.24) is 0 Å². The maximum absolute atomic E-state index is 5.79. The lowest BCUT2D eigenvalue weighted by Gasteiger charge is -1.96. The van der Waals surface area contributed by atoms with Gasteiger partial charge in [0.1, 0.15) is 11.3 Å². The molecule has 0 amide bonds. The highest BCUT2D eigenvalue weighted by molar-refractivity contribution is 9.10. The third-order valence-corrected chi connectivity index (χ3v) is 3.03. The molecule has 0 N–H and O–H groups in total. The SMILES string of the molecule is Brc1cccc(-c2cc3ccccc3o2)c1. The van der Waals surface area contributed by atoms with Crippen LogP contribution in [0, 0.1) is 0 Å². The van der Waals surface area contributed by atoms with E-state index in [9.17, 15) is 0 Å². The van der Waals surface area contributed by atoms with E-state index in [1.165, 1.54) is 0 Å². The van der Waals surface area contributed by atoms with Gasteiger partial charge in [-0.2, -0.15) is 0 Å². The fraction of sp³-hybridized carbons (Fsp3) is 0. The molecule has 1 aromatic heterocycles. The van der Waals surface area contributed by atoms with Gasteiger partial charge < -0.3 is 4.42 Å². The minimum absolute atomic E-state index is 0.905. The summed E-state index contributed by atoms with van der Waals surface area (Å²) in [7, 11) is 0. The zero-order valence-corrected chi connectivity index (χ0v) is 10.1. The van der Waals surface area contributed by atoms with Crippen LogP contribution in [0.5, 0.6) is 0 Å². The van der Waals surface area contributed by atoms with Gasteiger partial charge in [0.15, 0.2) is 0 Å². The van der Waals surface area contributed by atoms with Gasteiger partial charge in [-0.25, -0.2) is 0 Å². The highest BCUT2D eigenvalue weighted by atomic mass is 79.9. The molecule has 1 nitrogen and oxygen atoms in total. The Hall–Kier alpha value is -1.54. The molecule has 3 aromatic rings. The summed E-state index contributed by atoms with van der Waals surface area (Å²) >= 11 is 3.46. The summed E-state index contributed by atoms with van der Waals surface area (Å²) in [6.07, 6.45) is 0. The van der Waals surface area contributed by atoms with E-state index in [0.717, 1.165) is 26.8 Å². The van der Waals surface area contributed by atoms with Crippen LogP contribution in [0.15, 0.2) is 63.5 Å². The first-order valence-corrected chi connectivity index (χ1v) is 5.87. The van der Waals surface area contributed by atoms with E-state index in [2.05, 4.69) is 34.1 Å². The van der Waals surface area contributed by atoms with Gasteiger partial charge in [0, 0.05) is 15.4 Å². The molecule has 2 heteroatoms. The number of benzene rings is 2. The zero-order chi connectivity index (χ0) is 11.0. The average molecular weight is 273 g/mol. The average Bonchev–Trinajstić information content (AvgIpc) is 2.72. The van der Waals surface area contributed by atoms with Crippen molar-refractivity contribution in [2.45, 2.75) is 0 Å². The van der Waals surface area contributed by atoms with E-state index < -0.39 is 0 Å².